The van der Waals surface area contributed by atoms with Gasteiger partial charge in [-0.2, -0.15) is 0 Å². The van der Waals surface area contributed by atoms with Gasteiger partial charge in [0.15, 0.2) is 5.13 Å². The van der Waals surface area contributed by atoms with Crippen LogP contribution >= 0.6 is 11.3 Å². The monoisotopic (exact) mass is 474 g/mol. The predicted octanol–water partition coefficient (Wildman–Crippen LogP) is 3.18. The standard InChI is InChI=1S/C22H26N4O4S2/c1-16-6-7-19(32(28,29)23-14-18-5-3-12-30-18)13-20(16)21(27)25-8-4-9-26(11-10-25)22-24-17(2)15-31-22/h3,5-7,12-13,15,23H,4,8-11,14H2,1-2H3. The van der Waals surface area contributed by atoms with Gasteiger partial charge >= 0.3 is 0 Å². The average molecular weight is 475 g/mol. The number of sulfonamides is 1. The number of hydrogen-bond donors (Lipinski definition) is 1. The molecule has 0 aliphatic carbocycles. The van der Waals surface area contributed by atoms with Gasteiger partial charge in [0.05, 0.1) is 23.4 Å². The molecule has 3 heterocycles. The van der Waals surface area contributed by atoms with Gasteiger partial charge in [-0.05, 0) is 50.1 Å². The highest BCUT2D eigenvalue weighted by Crippen LogP contribution is 2.23. The zero-order valence-electron chi connectivity index (χ0n) is 18.1. The molecule has 0 unspecified atom stereocenters. The Balaban J connectivity index is 1.48. The SMILES string of the molecule is Cc1csc(N2CCCN(C(=O)c3cc(S(=O)(=O)NCc4ccco4)ccc3C)CC2)n1. The van der Waals surface area contributed by atoms with E-state index in [1.54, 1.807) is 34.4 Å². The summed E-state index contributed by atoms with van der Waals surface area (Å²) in [7, 11) is -3.79. The molecule has 2 aromatic heterocycles. The van der Waals surface area contributed by atoms with Gasteiger partial charge in [-0.1, -0.05) is 6.07 Å². The fourth-order valence-corrected chi connectivity index (χ4v) is 5.51. The van der Waals surface area contributed by atoms with Crippen LogP contribution in [0, 0.1) is 13.8 Å². The number of hydrogen-bond acceptors (Lipinski definition) is 7. The molecule has 4 rings (SSSR count). The minimum atomic E-state index is -3.79. The van der Waals surface area contributed by atoms with Crippen LogP contribution in [0.2, 0.25) is 0 Å². The zero-order valence-corrected chi connectivity index (χ0v) is 19.7. The lowest BCUT2D eigenvalue weighted by Gasteiger charge is -2.22. The Hall–Kier alpha value is -2.69. The van der Waals surface area contributed by atoms with Gasteiger partial charge in [0.2, 0.25) is 10.0 Å². The van der Waals surface area contributed by atoms with E-state index in [4.69, 9.17) is 4.42 Å². The first kappa shape index (κ1) is 22.5. The second-order valence-corrected chi connectivity index (χ2v) is 10.4. The van der Waals surface area contributed by atoms with Gasteiger partial charge in [-0.3, -0.25) is 4.79 Å². The Morgan fingerprint density at radius 2 is 2.03 bits per heavy atom. The van der Waals surface area contributed by atoms with Crippen molar-refractivity contribution in [3.63, 3.8) is 0 Å². The number of carbonyl (C=O) groups is 1. The number of furan rings is 1. The first-order valence-corrected chi connectivity index (χ1v) is 12.8. The molecule has 0 radical (unpaired) electrons. The Kier molecular flexibility index (Phi) is 6.63. The van der Waals surface area contributed by atoms with Crippen molar-refractivity contribution in [2.24, 2.45) is 0 Å². The smallest absolute Gasteiger partial charge is 0.254 e. The van der Waals surface area contributed by atoms with Crippen molar-refractivity contribution in [3.8, 4) is 0 Å². The topological polar surface area (TPSA) is 95.8 Å². The molecule has 0 atom stereocenters. The van der Waals surface area contributed by atoms with Crippen LogP contribution in [-0.4, -0.2) is 50.4 Å². The van der Waals surface area contributed by atoms with Crippen LogP contribution in [0.25, 0.3) is 0 Å². The lowest BCUT2D eigenvalue weighted by molar-refractivity contribution is 0.0766. The van der Waals surface area contributed by atoms with Crippen molar-refractivity contribution in [1.29, 1.82) is 0 Å². The van der Waals surface area contributed by atoms with E-state index in [9.17, 15) is 13.2 Å². The highest BCUT2D eigenvalue weighted by atomic mass is 32.2. The first-order chi connectivity index (χ1) is 15.3. The molecule has 170 valence electrons. The minimum absolute atomic E-state index is 0.0463. The van der Waals surface area contributed by atoms with Crippen LogP contribution in [0.5, 0.6) is 0 Å². The molecule has 1 saturated heterocycles. The van der Waals surface area contributed by atoms with Gasteiger partial charge in [0.25, 0.3) is 5.91 Å². The molecule has 1 aromatic carbocycles. The Morgan fingerprint density at radius 1 is 1.19 bits per heavy atom. The quantitative estimate of drug-likeness (QED) is 0.590. The van der Waals surface area contributed by atoms with E-state index in [1.165, 1.54) is 18.4 Å². The number of benzene rings is 1. The largest absolute Gasteiger partial charge is 0.468 e. The van der Waals surface area contributed by atoms with E-state index < -0.39 is 10.0 Å². The van der Waals surface area contributed by atoms with Gasteiger partial charge in [0.1, 0.15) is 5.76 Å². The summed E-state index contributed by atoms with van der Waals surface area (Å²) in [4.78, 5) is 21.9. The molecule has 1 aliphatic rings. The molecule has 1 fully saturated rings. The van der Waals surface area contributed by atoms with Crippen molar-refractivity contribution < 1.29 is 17.6 Å². The second kappa shape index (κ2) is 9.43. The molecule has 0 bridgehead atoms. The highest BCUT2D eigenvalue weighted by molar-refractivity contribution is 7.89. The van der Waals surface area contributed by atoms with Crippen LogP contribution in [-0.2, 0) is 16.6 Å². The van der Waals surface area contributed by atoms with Crippen LogP contribution < -0.4 is 9.62 Å². The maximum Gasteiger partial charge on any atom is 0.254 e. The summed E-state index contributed by atoms with van der Waals surface area (Å²) in [5, 5.41) is 3.00. The third-order valence-electron chi connectivity index (χ3n) is 5.43. The molecule has 10 heteroatoms. The minimum Gasteiger partial charge on any atom is -0.468 e. The van der Waals surface area contributed by atoms with Gasteiger partial charge in [0, 0.05) is 37.1 Å². The van der Waals surface area contributed by atoms with Gasteiger partial charge in [-0.25, -0.2) is 18.1 Å². The zero-order chi connectivity index (χ0) is 22.7. The Bertz CT molecular complexity index is 1190. The van der Waals surface area contributed by atoms with E-state index in [0.717, 1.165) is 29.4 Å². The summed E-state index contributed by atoms with van der Waals surface area (Å²) in [6.07, 6.45) is 2.32. The molecule has 1 amide bonds. The van der Waals surface area contributed by atoms with Crippen molar-refractivity contribution >= 4 is 32.4 Å². The highest BCUT2D eigenvalue weighted by Gasteiger charge is 2.24. The second-order valence-electron chi connectivity index (χ2n) is 7.78. The number of aromatic nitrogens is 1. The molecule has 0 spiro atoms. The number of nitrogens with one attached hydrogen (secondary N) is 1. The molecule has 0 saturated carbocycles. The molecule has 8 nitrogen and oxygen atoms in total. The van der Waals surface area contributed by atoms with E-state index >= 15 is 0 Å². The third kappa shape index (κ3) is 5.03. The molecule has 1 N–H and O–H groups in total. The maximum absolute atomic E-state index is 13.3. The molecule has 1 aliphatic heterocycles. The van der Waals surface area contributed by atoms with Crippen LogP contribution in [0.3, 0.4) is 0 Å². The average Bonchev–Trinajstić information content (AvgIpc) is 3.38. The number of thiazole rings is 1. The summed E-state index contributed by atoms with van der Waals surface area (Å²) in [6, 6.07) is 8.06. The lowest BCUT2D eigenvalue weighted by atomic mass is 10.1. The number of anilines is 1. The number of carbonyl (C=O) groups excluding carboxylic acids is 1. The van der Waals surface area contributed by atoms with Crippen molar-refractivity contribution in [2.45, 2.75) is 31.7 Å². The number of aryl methyl sites for hydroxylation is 2. The molecular formula is C22H26N4O4S2. The number of nitrogens with zero attached hydrogens (tertiary/aromatic N) is 3. The predicted molar refractivity (Wildman–Crippen MR) is 123 cm³/mol. The fraction of sp³-hybridized carbons (Fsp3) is 0.364. The Morgan fingerprint density at radius 3 is 2.75 bits per heavy atom. The summed E-state index contributed by atoms with van der Waals surface area (Å²) < 4.78 is 33.2. The summed E-state index contributed by atoms with van der Waals surface area (Å²) in [5.41, 5.74) is 2.15. The summed E-state index contributed by atoms with van der Waals surface area (Å²) >= 11 is 1.61. The lowest BCUT2D eigenvalue weighted by Crippen LogP contribution is -2.35. The normalized spacial score (nSPS) is 15.1. The van der Waals surface area contributed by atoms with Crippen LogP contribution in [0.15, 0.2) is 51.3 Å². The summed E-state index contributed by atoms with van der Waals surface area (Å²) in [6.45, 7) is 6.55. The third-order valence-corrected chi connectivity index (χ3v) is 7.84. The first-order valence-electron chi connectivity index (χ1n) is 10.4. The molecule has 32 heavy (non-hydrogen) atoms. The Labute approximate surface area is 191 Å². The van der Waals surface area contributed by atoms with Crippen molar-refractivity contribution in [1.82, 2.24) is 14.6 Å². The van der Waals surface area contributed by atoms with E-state index in [1.807, 2.05) is 19.2 Å². The number of amides is 1. The van der Waals surface area contributed by atoms with Crippen LogP contribution in [0.4, 0.5) is 5.13 Å². The summed E-state index contributed by atoms with van der Waals surface area (Å²) in [5.74, 6) is 0.365. The molecular weight excluding hydrogens is 448 g/mol. The van der Waals surface area contributed by atoms with Gasteiger partial charge in [-0.15, -0.1) is 11.3 Å². The molecule has 3 aromatic rings. The van der Waals surface area contributed by atoms with Crippen LogP contribution in [0.1, 0.15) is 33.8 Å². The van der Waals surface area contributed by atoms with Crippen molar-refractivity contribution in [3.05, 3.63) is 64.6 Å². The number of rotatable bonds is 6. The van der Waals surface area contributed by atoms with E-state index in [2.05, 4.69) is 14.6 Å². The maximum atomic E-state index is 13.3. The van der Waals surface area contributed by atoms with E-state index in [0.29, 0.717) is 31.0 Å². The fourth-order valence-electron chi connectivity index (χ4n) is 3.63. The van der Waals surface area contributed by atoms with Crippen molar-refractivity contribution in [2.75, 3.05) is 31.1 Å². The van der Waals surface area contributed by atoms with E-state index in [-0.39, 0.29) is 17.3 Å². The van der Waals surface area contributed by atoms with Gasteiger partial charge < -0.3 is 14.2 Å².